The summed E-state index contributed by atoms with van der Waals surface area (Å²) in [5, 5.41) is 1.29. The second-order valence-corrected chi connectivity index (χ2v) is 4.35. The van der Waals surface area contributed by atoms with Crippen molar-refractivity contribution in [3.05, 3.63) is 30.0 Å². The number of nitrogens with one attached hydrogen (secondary N) is 1. The normalized spacial score (nSPS) is 12.9. The van der Waals surface area contributed by atoms with Crippen LogP contribution in [0.3, 0.4) is 0 Å². The number of hydrogen-bond acceptors (Lipinski definition) is 1. The van der Waals surface area contributed by atoms with E-state index in [-0.39, 0.29) is 0 Å². The number of hydrogen-bond donors (Lipinski definition) is 1. The Labute approximate surface area is 96.6 Å². The number of aromatic nitrogens is 1. The lowest BCUT2D eigenvalue weighted by atomic mass is 9.96. The van der Waals surface area contributed by atoms with Crippen molar-refractivity contribution < 1.29 is 4.74 Å². The predicted octanol–water partition coefficient (Wildman–Crippen LogP) is 4.08. The summed E-state index contributed by atoms with van der Waals surface area (Å²) < 4.78 is 5.27. The molecule has 1 heterocycles. The summed E-state index contributed by atoms with van der Waals surface area (Å²) in [5.74, 6) is 1.53. The Hall–Kier alpha value is -1.44. The van der Waals surface area contributed by atoms with Gasteiger partial charge in [0.1, 0.15) is 5.75 Å². The van der Waals surface area contributed by atoms with Gasteiger partial charge in [-0.15, -0.1) is 0 Å². The Bertz CT molecular complexity index is 473. The van der Waals surface area contributed by atoms with Crippen LogP contribution in [0.15, 0.2) is 24.4 Å². The quantitative estimate of drug-likeness (QED) is 0.820. The van der Waals surface area contributed by atoms with E-state index >= 15 is 0 Å². The van der Waals surface area contributed by atoms with Gasteiger partial charge in [0.05, 0.1) is 7.11 Å². The maximum Gasteiger partial charge on any atom is 0.119 e. The number of methoxy groups -OCH3 is 1. The highest BCUT2D eigenvalue weighted by Crippen LogP contribution is 2.30. The molecular formula is C14H19NO. The fourth-order valence-electron chi connectivity index (χ4n) is 2.24. The fourth-order valence-corrected chi connectivity index (χ4v) is 2.24. The van der Waals surface area contributed by atoms with E-state index in [1.165, 1.54) is 29.3 Å². The van der Waals surface area contributed by atoms with Crippen LogP contribution in [0.1, 0.15) is 38.2 Å². The van der Waals surface area contributed by atoms with Crippen LogP contribution in [-0.2, 0) is 0 Å². The first-order valence-electron chi connectivity index (χ1n) is 5.91. The van der Waals surface area contributed by atoms with E-state index in [1.807, 2.05) is 6.07 Å². The lowest BCUT2D eigenvalue weighted by Crippen LogP contribution is -1.91. The molecule has 0 amide bonds. The van der Waals surface area contributed by atoms with E-state index in [1.54, 1.807) is 7.11 Å². The molecule has 0 bridgehead atoms. The van der Waals surface area contributed by atoms with E-state index in [0.29, 0.717) is 5.92 Å². The summed E-state index contributed by atoms with van der Waals surface area (Å²) in [4.78, 5) is 3.32. The Morgan fingerprint density at radius 3 is 2.88 bits per heavy atom. The van der Waals surface area contributed by atoms with Gasteiger partial charge in [0.15, 0.2) is 0 Å². The largest absolute Gasteiger partial charge is 0.497 e. The van der Waals surface area contributed by atoms with Crippen molar-refractivity contribution >= 4 is 10.9 Å². The minimum absolute atomic E-state index is 0.603. The molecule has 0 fully saturated rings. The molecule has 0 aliphatic carbocycles. The smallest absolute Gasteiger partial charge is 0.119 e. The van der Waals surface area contributed by atoms with Crippen LogP contribution in [0.5, 0.6) is 5.75 Å². The van der Waals surface area contributed by atoms with Crippen molar-refractivity contribution in [3.63, 3.8) is 0 Å². The predicted molar refractivity (Wildman–Crippen MR) is 68.2 cm³/mol. The molecule has 0 saturated carbocycles. The van der Waals surface area contributed by atoms with Crippen LogP contribution < -0.4 is 4.74 Å². The molecule has 1 aromatic carbocycles. The van der Waals surface area contributed by atoms with Gasteiger partial charge in [0.25, 0.3) is 0 Å². The van der Waals surface area contributed by atoms with Crippen LogP contribution in [-0.4, -0.2) is 12.1 Å². The van der Waals surface area contributed by atoms with Crippen molar-refractivity contribution in [2.75, 3.05) is 7.11 Å². The maximum absolute atomic E-state index is 5.27. The summed E-state index contributed by atoms with van der Waals surface area (Å²) >= 11 is 0. The summed E-state index contributed by atoms with van der Waals surface area (Å²) in [6.07, 6.45) is 4.58. The zero-order chi connectivity index (χ0) is 11.5. The van der Waals surface area contributed by atoms with Crippen LogP contribution in [0.2, 0.25) is 0 Å². The molecule has 2 rings (SSSR count). The molecule has 2 heteroatoms. The van der Waals surface area contributed by atoms with E-state index in [2.05, 4.69) is 37.2 Å². The SMILES string of the molecule is CCCC(C)c1c[nH]c2ccc(OC)cc12. The van der Waals surface area contributed by atoms with Crippen LogP contribution in [0.25, 0.3) is 10.9 Å². The van der Waals surface area contributed by atoms with Gasteiger partial charge in [-0.05, 0) is 36.1 Å². The van der Waals surface area contributed by atoms with Crippen molar-refractivity contribution in [2.45, 2.75) is 32.6 Å². The summed E-state index contributed by atoms with van der Waals surface area (Å²) in [7, 11) is 1.71. The van der Waals surface area contributed by atoms with Gasteiger partial charge in [-0.3, -0.25) is 0 Å². The molecule has 1 atom stereocenters. The van der Waals surface area contributed by atoms with Gasteiger partial charge in [0.2, 0.25) is 0 Å². The first-order chi connectivity index (χ1) is 7.76. The Balaban J connectivity index is 2.45. The lowest BCUT2D eigenvalue weighted by molar-refractivity contribution is 0.415. The minimum Gasteiger partial charge on any atom is -0.497 e. The molecule has 0 aliphatic rings. The summed E-state index contributed by atoms with van der Waals surface area (Å²) in [6, 6.07) is 6.19. The number of fused-ring (bicyclic) bond motifs is 1. The van der Waals surface area contributed by atoms with Gasteiger partial charge in [-0.2, -0.15) is 0 Å². The van der Waals surface area contributed by atoms with Gasteiger partial charge in [-0.1, -0.05) is 20.3 Å². The third-order valence-electron chi connectivity index (χ3n) is 3.17. The molecule has 0 saturated heterocycles. The fraction of sp³-hybridized carbons (Fsp3) is 0.429. The summed E-state index contributed by atoms with van der Waals surface area (Å²) in [6.45, 7) is 4.51. The first kappa shape index (κ1) is 11.1. The van der Waals surface area contributed by atoms with Crippen molar-refractivity contribution in [2.24, 2.45) is 0 Å². The van der Waals surface area contributed by atoms with Gasteiger partial charge >= 0.3 is 0 Å². The van der Waals surface area contributed by atoms with Gasteiger partial charge in [-0.25, -0.2) is 0 Å². The maximum atomic E-state index is 5.27. The molecule has 1 unspecified atom stereocenters. The zero-order valence-electron chi connectivity index (χ0n) is 10.2. The molecule has 0 radical (unpaired) electrons. The van der Waals surface area contributed by atoms with E-state index in [4.69, 9.17) is 4.74 Å². The van der Waals surface area contributed by atoms with Crippen LogP contribution in [0.4, 0.5) is 0 Å². The standard InChI is InChI=1S/C14H19NO/c1-4-5-10(2)13-9-15-14-7-6-11(16-3)8-12(13)14/h6-10,15H,4-5H2,1-3H3. The molecule has 0 spiro atoms. The topological polar surface area (TPSA) is 25.0 Å². The first-order valence-corrected chi connectivity index (χ1v) is 5.91. The molecule has 1 aromatic heterocycles. The molecule has 2 nitrogen and oxygen atoms in total. The Morgan fingerprint density at radius 1 is 1.38 bits per heavy atom. The highest BCUT2D eigenvalue weighted by atomic mass is 16.5. The average molecular weight is 217 g/mol. The van der Waals surface area contributed by atoms with Gasteiger partial charge < -0.3 is 9.72 Å². The number of H-pyrrole nitrogens is 1. The second-order valence-electron chi connectivity index (χ2n) is 4.35. The average Bonchev–Trinajstić information content (AvgIpc) is 2.71. The van der Waals surface area contributed by atoms with Crippen LogP contribution in [0, 0.1) is 0 Å². The second kappa shape index (κ2) is 4.60. The number of aromatic amines is 1. The van der Waals surface area contributed by atoms with Crippen LogP contribution >= 0.6 is 0 Å². The summed E-state index contributed by atoms with van der Waals surface area (Å²) in [5.41, 5.74) is 2.59. The van der Waals surface area contributed by atoms with Crippen molar-refractivity contribution in [1.82, 2.24) is 4.98 Å². The number of ether oxygens (including phenoxy) is 1. The Kier molecular flexibility index (Phi) is 3.18. The molecular weight excluding hydrogens is 198 g/mol. The monoisotopic (exact) mass is 217 g/mol. The van der Waals surface area contributed by atoms with Crippen molar-refractivity contribution in [3.8, 4) is 5.75 Å². The number of benzene rings is 1. The third-order valence-corrected chi connectivity index (χ3v) is 3.17. The zero-order valence-corrected chi connectivity index (χ0v) is 10.2. The van der Waals surface area contributed by atoms with E-state index in [9.17, 15) is 0 Å². The molecule has 86 valence electrons. The number of rotatable bonds is 4. The van der Waals surface area contributed by atoms with Gasteiger partial charge in [0, 0.05) is 17.1 Å². The molecule has 0 aliphatic heterocycles. The Morgan fingerprint density at radius 2 is 2.19 bits per heavy atom. The highest BCUT2D eigenvalue weighted by Gasteiger charge is 2.10. The van der Waals surface area contributed by atoms with Crippen molar-refractivity contribution in [1.29, 1.82) is 0 Å². The third kappa shape index (κ3) is 1.92. The molecule has 1 N–H and O–H groups in total. The highest BCUT2D eigenvalue weighted by molar-refractivity contribution is 5.85. The lowest BCUT2D eigenvalue weighted by Gasteiger charge is -2.09. The molecule has 2 aromatic rings. The minimum atomic E-state index is 0.603. The van der Waals surface area contributed by atoms with E-state index in [0.717, 1.165) is 5.75 Å². The van der Waals surface area contributed by atoms with E-state index < -0.39 is 0 Å². The molecule has 16 heavy (non-hydrogen) atoms.